The van der Waals surface area contributed by atoms with Crippen LogP contribution < -0.4 is 10.6 Å². The van der Waals surface area contributed by atoms with Gasteiger partial charge in [0, 0.05) is 6.54 Å². The minimum Gasteiger partial charge on any atom is -0.319 e. The third-order valence-corrected chi connectivity index (χ3v) is 4.68. The smallest absolute Gasteiger partial charge is 0.252 e. The van der Waals surface area contributed by atoms with Gasteiger partial charge in [0.25, 0.3) is 5.91 Å². The molecule has 6 heteroatoms. The van der Waals surface area contributed by atoms with Crippen LogP contribution in [0.4, 0.5) is 0 Å². The molecule has 21 heavy (non-hydrogen) atoms. The molecular formula is C15H25N3O3. The first kappa shape index (κ1) is 15.9. The molecule has 0 aromatic carbocycles. The van der Waals surface area contributed by atoms with E-state index in [2.05, 4.69) is 17.6 Å². The summed E-state index contributed by atoms with van der Waals surface area (Å²) in [6.45, 7) is 6.96. The number of hydrogen-bond donors (Lipinski definition) is 2. The molecule has 0 radical (unpaired) electrons. The second-order valence-corrected chi connectivity index (χ2v) is 6.64. The van der Waals surface area contributed by atoms with Crippen LogP contribution in [-0.4, -0.2) is 47.8 Å². The number of hydrogen-bond acceptors (Lipinski definition) is 4. The Hall–Kier alpha value is -1.43. The maximum absolute atomic E-state index is 13.1. The summed E-state index contributed by atoms with van der Waals surface area (Å²) in [5.41, 5.74) is -1.47. The quantitative estimate of drug-likeness (QED) is 0.740. The molecule has 2 rings (SSSR count). The normalized spacial score (nSPS) is 29.2. The molecule has 0 bridgehead atoms. The number of nitrogens with zero attached hydrogens (tertiary/aromatic N) is 1. The highest BCUT2D eigenvalue weighted by atomic mass is 16.2. The van der Waals surface area contributed by atoms with Gasteiger partial charge in [-0.25, -0.2) is 0 Å². The van der Waals surface area contributed by atoms with Crippen molar-refractivity contribution in [2.45, 2.75) is 52.0 Å². The number of carbonyl (C=O) groups is 3. The van der Waals surface area contributed by atoms with Gasteiger partial charge in [0.1, 0.15) is 12.1 Å². The zero-order chi connectivity index (χ0) is 15.7. The number of nitrogens with one attached hydrogen (secondary N) is 2. The van der Waals surface area contributed by atoms with E-state index in [-0.39, 0.29) is 12.5 Å². The zero-order valence-electron chi connectivity index (χ0n) is 13.1. The van der Waals surface area contributed by atoms with E-state index in [0.29, 0.717) is 6.54 Å². The van der Waals surface area contributed by atoms with E-state index in [1.807, 2.05) is 0 Å². The average Bonchev–Trinajstić information content (AvgIpc) is 2.44. The second kappa shape index (κ2) is 5.75. The molecule has 2 saturated heterocycles. The molecule has 0 aromatic heterocycles. The van der Waals surface area contributed by atoms with Gasteiger partial charge in [-0.2, -0.15) is 0 Å². The predicted octanol–water partition coefficient (Wildman–Crippen LogP) is 0.420. The topological polar surface area (TPSA) is 78.5 Å². The van der Waals surface area contributed by atoms with E-state index in [9.17, 15) is 14.4 Å². The van der Waals surface area contributed by atoms with Crippen molar-refractivity contribution in [2.75, 3.05) is 19.6 Å². The largest absolute Gasteiger partial charge is 0.319 e. The van der Waals surface area contributed by atoms with Gasteiger partial charge in [0.2, 0.25) is 11.8 Å². The fourth-order valence-corrected chi connectivity index (χ4v) is 3.34. The molecule has 1 unspecified atom stereocenters. The summed E-state index contributed by atoms with van der Waals surface area (Å²) in [7, 11) is 0. The summed E-state index contributed by atoms with van der Waals surface area (Å²) in [6.07, 6.45) is 3.44. The van der Waals surface area contributed by atoms with Crippen LogP contribution in [0.3, 0.4) is 0 Å². The van der Waals surface area contributed by atoms with Crippen molar-refractivity contribution in [3.8, 4) is 0 Å². The van der Waals surface area contributed by atoms with Crippen LogP contribution in [0.5, 0.6) is 0 Å². The standard InChI is InChI=1S/C15H25N3O3/c1-4-6-15(7-5-8-16-10-15)13(21)18-9-11(19)17-12(20)14(18,2)3/h16H,4-10H2,1-3H3,(H,17,19,20). The molecule has 2 aliphatic rings. The van der Waals surface area contributed by atoms with Gasteiger partial charge in [-0.05, 0) is 39.7 Å². The molecule has 3 amide bonds. The Morgan fingerprint density at radius 1 is 1.33 bits per heavy atom. The molecule has 118 valence electrons. The molecule has 2 N–H and O–H groups in total. The second-order valence-electron chi connectivity index (χ2n) is 6.64. The third-order valence-electron chi connectivity index (χ3n) is 4.68. The van der Waals surface area contributed by atoms with Crippen molar-refractivity contribution in [3.63, 3.8) is 0 Å². The Bertz CT molecular complexity index is 448. The lowest BCUT2D eigenvalue weighted by Crippen LogP contribution is -2.68. The van der Waals surface area contributed by atoms with Crippen LogP contribution in [0.25, 0.3) is 0 Å². The number of amides is 3. The monoisotopic (exact) mass is 295 g/mol. The van der Waals surface area contributed by atoms with Crippen LogP contribution in [0.15, 0.2) is 0 Å². The van der Waals surface area contributed by atoms with Gasteiger partial charge >= 0.3 is 0 Å². The minimum atomic E-state index is -0.983. The van der Waals surface area contributed by atoms with Crippen LogP contribution in [0.1, 0.15) is 46.5 Å². The van der Waals surface area contributed by atoms with Crippen molar-refractivity contribution in [2.24, 2.45) is 5.41 Å². The molecule has 6 nitrogen and oxygen atoms in total. The lowest BCUT2D eigenvalue weighted by atomic mass is 9.74. The Morgan fingerprint density at radius 2 is 2.05 bits per heavy atom. The maximum atomic E-state index is 13.1. The lowest BCUT2D eigenvalue weighted by Gasteiger charge is -2.46. The predicted molar refractivity (Wildman–Crippen MR) is 78.4 cm³/mol. The highest BCUT2D eigenvalue weighted by Crippen LogP contribution is 2.36. The number of rotatable bonds is 3. The van der Waals surface area contributed by atoms with Crippen LogP contribution in [-0.2, 0) is 14.4 Å². The van der Waals surface area contributed by atoms with Gasteiger partial charge < -0.3 is 10.2 Å². The lowest BCUT2D eigenvalue weighted by molar-refractivity contribution is -0.162. The zero-order valence-corrected chi connectivity index (χ0v) is 13.1. The average molecular weight is 295 g/mol. The van der Waals surface area contributed by atoms with E-state index in [1.165, 1.54) is 4.90 Å². The molecule has 0 spiro atoms. The summed E-state index contributed by atoms with van der Waals surface area (Å²) in [4.78, 5) is 38.3. The van der Waals surface area contributed by atoms with Gasteiger partial charge in [-0.3, -0.25) is 19.7 Å². The van der Waals surface area contributed by atoms with Crippen molar-refractivity contribution in [1.29, 1.82) is 0 Å². The van der Waals surface area contributed by atoms with Crippen LogP contribution in [0.2, 0.25) is 0 Å². The molecule has 2 heterocycles. The van der Waals surface area contributed by atoms with Gasteiger partial charge in [-0.15, -0.1) is 0 Å². The van der Waals surface area contributed by atoms with Crippen molar-refractivity contribution in [3.05, 3.63) is 0 Å². The molecule has 1 atom stereocenters. The van der Waals surface area contributed by atoms with E-state index >= 15 is 0 Å². The van der Waals surface area contributed by atoms with Crippen molar-refractivity contribution < 1.29 is 14.4 Å². The fraction of sp³-hybridized carbons (Fsp3) is 0.800. The van der Waals surface area contributed by atoms with Gasteiger partial charge in [0.15, 0.2) is 0 Å². The first-order chi connectivity index (χ1) is 9.83. The fourth-order valence-electron chi connectivity index (χ4n) is 3.34. The van der Waals surface area contributed by atoms with Crippen LogP contribution in [0, 0.1) is 5.41 Å². The van der Waals surface area contributed by atoms with E-state index in [4.69, 9.17) is 0 Å². The third kappa shape index (κ3) is 2.81. The number of carbonyl (C=O) groups excluding carboxylic acids is 3. The first-order valence-electron chi connectivity index (χ1n) is 7.70. The summed E-state index contributed by atoms with van der Waals surface area (Å²) in [6, 6.07) is 0. The molecule has 0 aromatic rings. The highest BCUT2D eigenvalue weighted by Gasteiger charge is 2.50. The van der Waals surface area contributed by atoms with Crippen molar-refractivity contribution in [1.82, 2.24) is 15.5 Å². The highest BCUT2D eigenvalue weighted by molar-refractivity contribution is 6.06. The summed E-state index contributed by atoms with van der Waals surface area (Å²) >= 11 is 0. The number of imide groups is 1. The number of piperazine rings is 1. The summed E-state index contributed by atoms with van der Waals surface area (Å²) < 4.78 is 0. The first-order valence-corrected chi connectivity index (χ1v) is 7.70. The van der Waals surface area contributed by atoms with Crippen molar-refractivity contribution >= 4 is 17.7 Å². The van der Waals surface area contributed by atoms with E-state index in [0.717, 1.165) is 32.2 Å². The van der Waals surface area contributed by atoms with E-state index in [1.54, 1.807) is 13.8 Å². The van der Waals surface area contributed by atoms with Gasteiger partial charge in [-0.1, -0.05) is 13.3 Å². The van der Waals surface area contributed by atoms with Gasteiger partial charge in [0.05, 0.1) is 5.41 Å². The SMILES string of the molecule is CCCC1(C(=O)N2CC(=O)NC(=O)C2(C)C)CCCNC1. The summed E-state index contributed by atoms with van der Waals surface area (Å²) in [5, 5.41) is 5.61. The summed E-state index contributed by atoms with van der Waals surface area (Å²) in [5.74, 6) is -0.865. The maximum Gasteiger partial charge on any atom is 0.252 e. The Labute approximate surface area is 125 Å². The molecule has 0 aliphatic carbocycles. The molecule has 0 saturated carbocycles. The number of piperidine rings is 1. The molecule has 2 fully saturated rings. The van der Waals surface area contributed by atoms with E-state index < -0.39 is 22.8 Å². The Balaban J connectivity index is 2.30. The van der Waals surface area contributed by atoms with Crippen LogP contribution >= 0.6 is 0 Å². The molecule has 2 aliphatic heterocycles. The minimum absolute atomic E-state index is 0.0387. The molecular weight excluding hydrogens is 270 g/mol. The Kier molecular flexibility index (Phi) is 4.37. The Morgan fingerprint density at radius 3 is 2.62 bits per heavy atom.